The lowest BCUT2D eigenvalue weighted by atomic mass is 9.94. The van der Waals surface area contributed by atoms with Crippen LogP contribution in [0, 0.1) is 6.92 Å². The number of hydrogen-bond donors (Lipinski definition) is 1. The van der Waals surface area contributed by atoms with Gasteiger partial charge < -0.3 is 10.2 Å². The first kappa shape index (κ1) is 17.4. The number of nitrogens with zero attached hydrogens (tertiary/aromatic N) is 3. The highest BCUT2D eigenvalue weighted by Crippen LogP contribution is 2.25. The maximum atomic E-state index is 4.57. The Hall–Kier alpha value is -0.580. The predicted molar refractivity (Wildman–Crippen MR) is 80.4 cm³/mol. The molecule has 2 rings (SSSR count). The molecule has 0 bridgehead atoms. The molecule has 1 aromatic heterocycles. The topological polar surface area (TPSA) is 41.1 Å². The van der Waals surface area contributed by atoms with Crippen molar-refractivity contribution < 1.29 is 0 Å². The number of halogens is 2. The molecule has 1 aromatic rings. The molecule has 0 radical (unpaired) electrons. The summed E-state index contributed by atoms with van der Waals surface area (Å²) in [5.41, 5.74) is 1.21. The molecule has 104 valence electrons. The Balaban J connectivity index is 0.00000144. The van der Waals surface area contributed by atoms with Gasteiger partial charge in [0, 0.05) is 31.8 Å². The number of piperidine rings is 1. The highest BCUT2D eigenvalue weighted by molar-refractivity contribution is 5.85. The first-order chi connectivity index (χ1) is 7.66. The van der Waals surface area contributed by atoms with Gasteiger partial charge in [0.15, 0.2) is 0 Å². The lowest BCUT2D eigenvalue weighted by molar-refractivity contribution is 0.452. The summed E-state index contributed by atoms with van der Waals surface area (Å²) in [6, 6.07) is 2.13. The van der Waals surface area contributed by atoms with Crippen molar-refractivity contribution in [2.75, 3.05) is 32.1 Å². The molecule has 2 heterocycles. The summed E-state index contributed by atoms with van der Waals surface area (Å²) in [5, 5.41) is 3.38. The van der Waals surface area contributed by atoms with Crippen LogP contribution in [-0.2, 0) is 0 Å². The molecule has 1 saturated heterocycles. The fourth-order valence-electron chi connectivity index (χ4n) is 2.13. The standard InChI is InChI=1S/C12H20N4.2ClH/c1-9-14-11(8-12(15-9)16(2)3)10-4-6-13-7-5-10;;/h8,10,13H,4-7H2,1-3H3;2*1H. The van der Waals surface area contributed by atoms with Crippen molar-refractivity contribution in [2.24, 2.45) is 0 Å². The normalized spacial score (nSPS) is 15.5. The highest BCUT2D eigenvalue weighted by Gasteiger charge is 2.17. The molecule has 0 aromatic carbocycles. The summed E-state index contributed by atoms with van der Waals surface area (Å²) in [6.45, 7) is 4.17. The molecule has 0 aliphatic carbocycles. The van der Waals surface area contributed by atoms with E-state index in [1.54, 1.807) is 0 Å². The Labute approximate surface area is 121 Å². The van der Waals surface area contributed by atoms with Gasteiger partial charge in [-0.2, -0.15) is 0 Å². The minimum Gasteiger partial charge on any atom is -0.363 e. The van der Waals surface area contributed by atoms with Crippen LogP contribution >= 0.6 is 24.8 Å². The smallest absolute Gasteiger partial charge is 0.132 e. The lowest BCUT2D eigenvalue weighted by Crippen LogP contribution is -2.27. The Bertz CT molecular complexity index is 365. The fourth-order valence-corrected chi connectivity index (χ4v) is 2.13. The fraction of sp³-hybridized carbons (Fsp3) is 0.667. The zero-order chi connectivity index (χ0) is 11.5. The second kappa shape index (κ2) is 7.77. The van der Waals surface area contributed by atoms with Crippen LogP contribution in [0.2, 0.25) is 0 Å². The molecular weight excluding hydrogens is 271 g/mol. The summed E-state index contributed by atoms with van der Waals surface area (Å²) in [7, 11) is 4.04. The monoisotopic (exact) mass is 292 g/mol. The third-order valence-electron chi connectivity index (χ3n) is 3.06. The SMILES string of the molecule is Cc1nc(C2CCNCC2)cc(N(C)C)n1.Cl.Cl. The van der Waals surface area contributed by atoms with Gasteiger partial charge in [-0.25, -0.2) is 9.97 Å². The van der Waals surface area contributed by atoms with Crippen LogP contribution in [0.25, 0.3) is 0 Å². The van der Waals surface area contributed by atoms with Crippen LogP contribution in [-0.4, -0.2) is 37.2 Å². The molecule has 1 aliphatic heterocycles. The van der Waals surface area contributed by atoms with Crippen molar-refractivity contribution in [2.45, 2.75) is 25.7 Å². The van der Waals surface area contributed by atoms with Gasteiger partial charge in [0.2, 0.25) is 0 Å². The minimum atomic E-state index is 0. The van der Waals surface area contributed by atoms with Gasteiger partial charge in [0.1, 0.15) is 11.6 Å². The molecule has 0 saturated carbocycles. The Morgan fingerprint density at radius 2 is 1.78 bits per heavy atom. The number of hydrogen-bond acceptors (Lipinski definition) is 4. The van der Waals surface area contributed by atoms with E-state index in [0.29, 0.717) is 5.92 Å². The van der Waals surface area contributed by atoms with Crippen LogP contribution in [0.5, 0.6) is 0 Å². The highest BCUT2D eigenvalue weighted by atomic mass is 35.5. The van der Waals surface area contributed by atoms with Crippen molar-refractivity contribution >= 4 is 30.6 Å². The third-order valence-corrected chi connectivity index (χ3v) is 3.06. The summed E-state index contributed by atoms with van der Waals surface area (Å²) in [6.07, 6.45) is 2.37. The van der Waals surface area contributed by atoms with Crippen LogP contribution in [0.1, 0.15) is 30.3 Å². The van der Waals surface area contributed by atoms with Gasteiger partial charge >= 0.3 is 0 Å². The van der Waals surface area contributed by atoms with E-state index < -0.39 is 0 Å². The zero-order valence-electron chi connectivity index (χ0n) is 11.1. The Morgan fingerprint density at radius 1 is 1.17 bits per heavy atom. The maximum absolute atomic E-state index is 4.57. The third kappa shape index (κ3) is 4.26. The van der Waals surface area contributed by atoms with E-state index >= 15 is 0 Å². The number of nitrogens with one attached hydrogen (secondary N) is 1. The van der Waals surface area contributed by atoms with Gasteiger partial charge in [0.05, 0.1) is 0 Å². The van der Waals surface area contributed by atoms with Crippen molar-refractivity contribution in [3.63, 3.8) is 0 Å². The van der Waals surface area contributed by atoms with E-state index in [4.69, 9.17) is 0 Å². The van der Waals surface area contributed by atoms with Crippen LogP contribution in [0.3, 0.4) is 0 Å². The lowest BCUT2D eigenvalue weighted by Gasteiger charge is -2.23. The quantitative estimate of drug-likeness (QED) is 0.907. The van der Waals surface area contributed by atoms with Gasteiger partial charge in [-0.3, -0.25) is 0 Å². The van der Waals surface area contributed by atoms with Gasteiger partial charge in [0.25, 0.3) is 0 Å². The van der Waals surface area contributed by atoms with E-state index in [0.717, 1.165) is 24.7 Å². The number of aromatic nitrogens is 2. The summed E-state index contributed by atoms with van der Waals surface area (Å²) < 4.78 is 0. The zero-order valence-corrected chi connectivity index (χ0v) is 12.8. The molecule has 18 heavy (non-hydrogen) atoms. The second-order valence-corrected chi connectivity index (χ2v) is 4.62. The molecule has 1 N–H and O–H groups in total. The first-order valence-electron chi connectivity index (χ1n) is 5.90. The van der Waals surface area contributed by atoms with Crippen LogP contribution in [0.4, 0.5) is 5.82 Å². The van der Waals surface area contributed by atoms with Gasteiger partial charge in [-0.1, -0.05) is 0 Å². The van der Waals surface area contributed by atoms with E-state index in [1.165, 1.54) is 18.5 Å². The molecule has 4 nitrogen and oxygen atoms in total. The molecule has 0 unspecified atom stereocenters. The molecule has 0 spiro atoms. The van der Waals surface area contributed by atoms with E-state index in [9.17, 15) is 0 Å². The van der Waals surface area contributed by atoms with Crippen LogP contribution in [0.15, 0.2) is 6.07 Å². The molecule has 0 atom stereocenters. The molecule has 6 heteroatoms. The Morgan fingerprint density at radius 3 is 2.33 bits per heavy atom. The average molecular weight is 293 g/mol. The molecule has 0 amide bonds. The van der Waals surface area contributed by atoms with Crippen molar-refractivity contribution in [3.05, 3.63) is 17.6 Å². The number of rotatable bonds is 2. The molecule has 1 aliphatic rings. The first-order valence-corrected chi connectivity index (χ1v) is 5.90. The minimum absolute atomic E-state index is 0. The van der Waals surface area contributed by atoms with E-state index in [-0.39, 0.29) is 24.8 Å². The second-order valence-electron chi connectivity index (χ2n) is 4.62. The number of anilines is 1. The summed E-state index contributed by atoms with van der Waals surface area (Å²) >= 11 is 0. The van der Waals surface area contributed by atoms with Crippen molar-refractivity contribution in [3.8, 4) is 0 Å². The maximum Gasteiger partial charge on any atom is 0.132 e. The average Bonchev–Trinajstić information content (AvgIpc) is 2.29. The predicted octanol–water partition coefficient (Wildman–Crippen LogP) is 2.16. The number of aryl methyl sites for hydroxylation is 1. The Kier molecular flexibility index (Phi) is 7.52. The molecular formula is C12H22Cl2N4. The van der Waals surface area contributed by atoms with E-state index in [2.05, 4.69) is 21.4 Å². The van der Waals surface area contributed by atoms with E-state index in [1.807, 2.05) is 25.9 Å². The van der Waals surface area contributed by atoms with Crippen molar-refractivity contribution in [1.82, 2.24) is 15.3 Å². The van der Waals surface area contributed by atoms with Gasteiger partial charge in [-0.05, 0) is 32.9 Å². The van der Waals surface area contributed by atoms with Crippen molar-refractivity contribution in [1.29, 1.82) is 0 Å². The summed E-state index contributed by atoms with van der Waals surface area (Å²) in [5.74, 6) is 2.49. The van der Waals surface area contributed by atoms with Gasteiger partial charge in [-0.15, -0.1) is 24.8 Å². The largest absolute Gasteiger partial charge is 0.363 e. The molecule has 1 fully saturated rings. The summed E-state index contributed by atoms with van der Waals surface area (Å²) in [4.78, 5) is 11.0. The van der Waals surface area contributed by atoms with Crippen LogP contribution < -0.4 is 10.2 Å².